The first-order valence-electron chi connectivity index (χ1n) is 6.25. The largest absolute Gasteiger partial charge is 0.360 e. The molecule has 106 valence electrons. The molecule has 1 aromatic heterocycles. The molecule has 21 heavy (non-hydrogen) atoms. The number of ketones is 1. The van der Waals surface area contributed by atoms with E-state index in [0.717, 1.165) is 6.07 Å². The Balaban J connectivity index is 2.20. The van der Waals surface area contributed by atoms with E-state index in [0.29, 0.717) is 15.9 Å². The third-order valence-corrected chi connectivity index (χ3v) is 3.63. The fourth-order valence-electron chi connectivity index (χ4n) is 2.29. The number of nitrogens with one attached hydrogen (secondary N) is 1. The highest BCUT2D eigenvalue weighted by Crippen LogP contribution is 2.26. The number of rotatable bonds is 2. The van der Waals surface area contributed by atoms with Crippen molar-refractivity contribution in [3.8, 4) is 0 Å². The smallest absolute Gasteiger partial charge is 0.201 e. The molecule has 0 bridgehead atoms. The molecule has 0 unspecified atom stereocenters. The van der Waals surface area contributed by atoms with Gasteiger partial charge in [-0.1, -0.05) is 23.7 Å². The summed E-state index contributed by atoms with van der Waals surface area (Å²) in [6.07, 6.45) is 1.44. The third kappa shape index (κ3) is 2.21. The van der Waals surface area contributed by atoms with Gasteiger partial charge in [0.1, 0.15) is 11.6 Å². The average Bonchev–Trinajstić information content (AvgIpc) is 2.86. The summed E-state index contributed by atoms with van der Waals surface area (Å²) in [6, 6.07) is 7.31. The maximum Gasteiger partial charge on any atom is 0.201 e. The van der Waals surface area contributed by atoms with Crippen LogP contribution >= 0.6 is 11.6 Å². The summed E-state index contributed by atoms with van der Waals surface area (Å²) in [6.45, 7) is 1.49. The Labute approximate surface area is 124 Å². The van der Waals surface area contributed by atoms with E-state index in [2.05, 4.69) is 4.98 Å². The first kappa shape index (κ1) is 13.8. The van der Waals surface area contributed by atoms with Crippen molar-refractivity contribution in [2.75, 3.05) is 0 Å². The second-order valence-electron chi connectivity index (χ2n) is 4.77. The molecule has 2 nitrogen and oxygen atoms in total. The van der Waals surface area contributed by atoms with Gasteiger partial charge in [0.2, 0.25) is 5.78 Å². The molecule has 0 aliphatic heterocycles. The molecule has 3 aromatic rings. The van der Waals surface area contributed by atoms with Crippen molar-refractivity contribution >= 4 is 28.3 Å². The molecule has 0 spiro atoms. The molecule has 1 heterocycles. The molecule has 0 aliphatic rings. The van der Waals surface area contributed by atoms with Crippen LogP contribution in [-0.4, -0.2) is 10.8 Å². The molecule has 0 saturated carbocycles. The number of H-pyrrole nitrogens is 1. The van der Waals surface area contributed by atoms with Gasteiger partial charge in [-0.3, -0.25) is 4.79 Å². The fourth-order valence-corrected chi connectivity index (χ4v) is 2.46. The minimum absolute atomic E-state index is 0.213. The highest BCUT2D eigenvalue weighted by molar-refractivity contribution is 6.31. The molecule has 0 fully saturated rings. The summed E-state index contributed by atoms with van der Waals surface area (Å²) in [4.78, 5) is 15.4. The fraction of sp³-hybridized carbons (Fsp3) is 0.0625. The van der Waals surface area contributed by atoms with Crippen LogP contribution in [0.4, 0.5) is 8.78 Å². The maximum atomic E-state index is 14.1. The van der Waals surface area contributed by atoms with Crippen LogP contribution in [0.15, 0.2) is 36.5 Å². The molecule has 0 atom stereocenters. The molecular formula is C16H10ClF2NO. The zero-order chi connectivity index (χ0) is 15.1. The normalized spacial score (nSPS) is 11.0. The maximum absolute atomic E-state index is 14.1. The number of aromatic nitrogens is 1. The first-order valence-corrected chi connectivity index (χ1v) is 6.63. The van der Waals surface area contributed by atoms with E-state index in [-0.39, 0.29) is 11.1 Å². The monoisotopic (exact) mass is 305 g/mol. The summed E-state index contributed by atoms with van der Waals surface area (Å²) in [5, 5.41) is 1.08. The summed E-state index contributed by atoms with van der Waals surface area (Å²) < 4.78 is 27.9. The predicted molar refractivity (Wildman–Crippen MR) is 77.8 cm³/mol. The minimum Gasteiger partial charge on any atom is -0.360 e. The van der Waals surface area contributed by atoms with Gasteiger partial charge in [0.05, 0.1) is 5.56 Å². The number of carbonyl (C=O) groups excluding carboxylic acids is 1. The van der Waals surface area contributed by atoms with E-state index >= 15 is 0 Å². The lowest BCUT2D eigenvalue weighted by atomic mass is 10.00. The SMILES string of the molecule is Cc1ccc(F)c(C(=O)c2c[nH]c3cc(Cl)ccc23)c1F. The molecule has 2 aromatic carbocycles. The van der Waals surface area contributed by atoms with Crippen molar-refractivity contribution in [2.45, 2.75) is 6.92 Å². The van der Waals surface area contributed by atoms with Gasteiger partial charge in [0.25, 0.3) is 0 Å². The highest BCUT2D eigenvalue weighted by atomic mass is 35.5. The van der Waals surface area contributed by atoms with Crippen LogP contribution in [0.1, 0.15) is 21.5 Å². The van der Waals surface area contributed by atoms with Gasteiger partial charge in [-0.2, -0.15) is 0 Å². The topological polar surface area (TPSA) is 32.9 Å². The van der Waals surface area contributed by atoms with Gasteiger partial charge < -0.3 is 4.98 Å². The molecule has 0 aliphatic carbocycles. The lowest BCUT2D eigenvalue weighted by molar-refractivity contribution is 0.103. The highest BCUT2D eigenvalue weighted by Gasteiger charge is 2.22. The number of carbonyl (C=O) groups is 1. The Kier molecular flexibility index (Phi) is 3.26. The van der Waals surface area contributed by atoms with Crippen LogP contribution in [0.3, 0.4) is 0 Å². The quantitative estimate of drug-likeness (QED) is 0.687. The third-order valence-electron chi connectivity index (χ3n) is 3.40. The van der Waals surface area contributed by atoms with Gasteiger partial charge in [-0.15, -0.1) is 0 Å². The van der Waals surface area contributed by atoms with Crippen molar-refractivity contribution in [1.29, 1.82) is 0 Å². The number of hydrogen-bond acceptors (Lipinski definition) is 1. The van der Waals surface area contributed by atoms with E-state index in [4.69, 9.17) is 11.6 Å². The predicted octanol–water partition coefficient (Wildman–Crippen LogP) is 4.64. The van der Waals surface area contributed by atoms with Gasteiger partial charge in [0, 0.05) is 27.7 Å². The van der Waals surface area contributed by atoms with Crippen LogP contribution in [0.2, 0.25) is 5.02 Å². The standard InChI is InChI=1S/C16H10ClF2NO/c1-8-2-5-12(18)14(15(8)19)16(21)11-7-20-13-6-9(17)3-4-10(11)13/h2-7,20H,1H3. The summed E-state index contributed by atoms with van der Waals surface area (Å²) >= 11 is 5.87. The molecule has 0 amide bonds. The summed E-state index contributed by atoms with van der Waals surface area (Å²) in [5.41, 5.74) is 0.540. The number of hydrogen-bond donors (Lipinski definition) is 1. The van der Waals surface area contributed by atoms with Crippen molar-refractivity contribution in [2.24, 2.45) is 0 Å². The summed E-state index contributed by atoms with van der Waals surface area (Å²) in [5.74, 6) is -2.39. The lowest BCUT2D eigenvalue weighted by Crippen LogP contribution is -2.08. The molecule has 0 saturated heterocycles. The van der Waals surface area contributed by atoms with Crippen molar-refractivity contribution < 1.29 is 13.6 Å². The van der Waals surface area contributed by atoms with E-state index in [1.54, 1.807) is 18.2 Å². The second kappa shape index (κ2) is 4.97. The first-order chi connectivity index (χ1) is 9.99. The number of aromatic amines is 1. The molecule has 3 rings (SSSR count). The number of halogens is 3. The Hall–Kier alpha value is -2.20. The number of benzene rings is 2. The van der Waals surface area contributed by atoms with Crippen molar-refractivity contribution in [3.05, 3.63) is 69.9 Å². The van der Waals surface area contributed by atoms with E-state index < -0.39 is 23.0 Å². The molecule has 1 N–H and O–H groups in total. The Morgan fingerprint density at radius 1 is 1.19 bits per heavy atom. The van der Waals surface area contributed by atoms with Crippen LogP contribution in [0.5, 0.6) is 0 Å². The van der Waals surface area contributed by atoms with E-state index in [9.17, 15) is 13.6 Å². The van der Waals surface area contributed by atoms with E-state index in [1.807, 2.05) is 0 Å². The Morgan fingerprint density at radius 3 is 2.71 bits per heavy atom. The molecule has 0 radical (unpaired) electrons. The number of aryl methyl sites for hydroxylation is 1. The van der Waals surface area contributed by atoms with Gasteiger partial charge in [0.15, 0.2) is 0 Å². The Morgan fingerprint density at radius 2 is 1.95 bits per heavy atom. The van der Waals surface area contributed by atoms with Gasteiger partial charge in [-0.05, 0) is 30.7 Å². The zero-order valence-electron chi connectivity index (χ0n) is 11.0. The lowest BCUT2D eigenvalue weighted by Gasteiger charge is -2.06. The van der Waals surface area contributed by atoms with Crippen molar-refractivity contribution in [3.63, 3.8) is 0 Å². The Bertz CT molecular complexity index is 870. The molecular weight excluding hydrogens is 296 g/mol. The van der Waals surface area contributed by atoms with Crippen LogP contribution in [0, 0.1) is 18.6 Å². The van der Waals surface area contributed by atoms with Crippen LogP contribution in [0.25, 0.3) is 10.9 Å². The zero-order valence-corrected chi connectivity index (χ0v) is 11.8. The van der Waals surface area contributed by atoms with Gasteiger partial charge >= 0.3 is 0 Å². The second-order valence-corrected chi connectivity index (χ2v) is 5.21. The summed E-state index contributed by atoms with van der Waals surface area (Å²) in [7, 11) is 0. The molecule has 5 heteroatoms. The minimum atomic E-state index is -0.869. The van der Waals surface area contributed by atoms with Gasteiger partial charge in [-0.25, -0.2) is 8.78 Å². The van der Waals surface area contributed by atoms with Crippen LogP contribution in [-0.2, 0) is 0 Å². The van der Waals surface area contributed by atoms with E-state index in [1.165, 1.54) is 19.2 Å². The van der Waals surface area contributed by atoms with Crippen molar-refractivity contribution in [1.82, 2.24) is 4.98 Å². The average molecular weight is 306 g/mol. The number of fused-ring (bicyclic) bond motifs is 1. The van der Waals surface area contributed by atoms with Crippen LogP contribution < -0.4 is 0 Å².